The maximum Gasteiger partial charge on any atom is 0.298 e. The number of likely N-dealkylation sites (tertiary alicyclic amines) is 1. The summed E-state index contributed by atoms with van der Waals surface area (Å²) >= 11 is 0. The lowest BCUT2D eigenvalue weighted by atomic mass is 10.0. The lowest BCUT2D eigenvalue weighted by molar-refractivity contribution is -0.268. The zero-order chi connectivity index (χ0) is 29.5. The monoisotopic (exact) mass is 573 g/mol. The van der Waals surface area contributed by atoms with Crippen molar-refractivity contribution in [2.24, 2.45) is 0 Å². The van der Waals surface area contributed by atoms with Gasteiger partial charge in [-0.05, 0) is 50.5 Å². The molecule has 0 radical (unpaired) electrons. The number of hydrogen-bond donors (Lipinski definition) is 1. The molecule has 7 nitrogen and oxygen atoms in total. The van der Waals surface area contributed by atoms with Crippen molar-refractivity contribution in [2.45, 2.75) is 37.6 Å². The van der Waals surface area contributed by atoms with E-state index in [2.05, 4.69) is 61.5 Å². The first-order valence-corrected chi connectivity index (χ1v) is 15.0. The van der Waals surface area contributed by atoms with E-state index in [9.17, 15) is 18.3 Å². The molecule has 5 rings (SSSR count). The summed E-state index contributed by atoms with van der Waals surface area (Å²) in [5.74, 6) is -1.63. The van der Waals surface area contributed by atoms with Gasteiger partial charge in [-0.3, -0.25) is 13.8 Å². The van der Waals surface area contributed by atoms with Crippen LogP contribution in [0.4, 0.5) is 5.69 Å². The molecule has 1 fully saturated rings. The Morgan fingerprint density at radius 2 is 1.46 bits per heavy atom. The highest BCUT2D eigenvalue weighted by molar-refractivity contribution is 7.86. The first-order valence-electron chi connectivity index (χ1n) is 13.6. The summed E-state index contributed by atoms with van der Waals surface area (Å²) in [6, 6.07) is 29.8. The highest BCUT2D eigenvalue weighted by Gasteiger charge is 2.32. The Kier molecular flexibility index (Phi) is 9.60. The van der Waals surface area contributed by atoms with E-state index in [1.54, 1.807) is 18.2 Å². The lowest BCUT2D eigenvalue weighted by Crippen LogP contribution is -2.51. The molecule has 1 saturated heterocycles. The van der Waals surface area contributed by atoms with Crippen LogP contribution in [0.2, 0.25) is 0 Å². The van der Waals surface area contributed by atoms with Gasteiger partial charge in [0.05, 0.1) is 20.2 Å². The molecule has 0 bridgehead atoms. The second kappa shape index (κ2) is 13.1. The van der Waals surface area contributed by atoms with Crippen LogP contribution in [0.1, 0.15) is 46.3 Å². The number of benzene rings is 4. The summed E-state index contributed by atoms with van der Waals surface area (Å²) in [6.45, 7) is 5.84. The van der Waals surface area contributed by atoms with Crippen molar-refractivity contribution in [1.29, 1.82) is 0 Å². The number of nitrogens with zero attached hydrogens (tertiary/aromatic N) is 1. The molecule has 0 aliphatic carbocycles. The Balaban J connectivity index is 0.000000189. The van der Waals surface area contributed by atoms with E-state index in [4.69, 9.17) is 9.29 Å². The van der Waals surface area contributed by atoms with Crippen molar-refractivity contribution in [2.75, 3.05) is 20.2 Å². The topological polar surface area (TPSA) is 104 Å². The number of aryl methyl sites for hydroxylation is 1. The third-order valence-corrected chi connectivity index (χ3v) is 8.28. The second-order valence-corrected chi connectivity index (χ2v) is 11.7. The summed E-state index contributed by atoms with van der Waals surface area (Å²) < 4.78 is 37.6. The van der Waals surface area contributed by atoms with Gasteiger partial charge in [-0.1, -0.05) is 84.1 Å². The summed E-state index contributed by atoms with van der Waals surface area (Å²) in [6.07, 6.45) is 4.09. The standard InChI is InChI=1S/C19H24N.C14H12O6S/c1-17-10-12-18(13-11-17)16-20(14-6-3-7-15-20)19-8-4-2-5-9-19;1-20-12-8-11(15)10(7-13(12)21(17,18)19)14(16)9-5-3-2-4-6-9/h2,4-5,8-13H,3,6-7,14-16H2,1H3;2-8,15H,1H3,(H,17,18,19)/q+1;/p-1. The Hall–Kier alpha value is -3.98. The quantitative estimate of drug-likeness (QED) is 0.167. The van der Waals surface area contributed by atoms with E-state index < -0.39 is 26.5 Å². The lowest BCUT2D eigenvalue weighted by Gasteiger charge is -2.41. The van der Waals surface area contributed by atoms with Gasteiger partial charge in [0.15, 0.2) is 5.78 Å². The molecule has 0 amide bonds. The van der Waals surface area contributed by atoms with Crippen LogP contribution in [0.5, 0.6) is 11.5 Å². The van der Waals surface area contributed by atoms with E-state index in [0.29, 0.717) is 0 Å². The number of methoxy groups -OCH3 is 1. The van der Waals surface area contributed by atoms with E-state index in [1.165, 1.54) is 61.3 Å². The molecule has 41 heavy (non-hydrogen) atoms. The van der Waals surface area contributed by atoms with Crippen molar-refractivity contribution >= 4 is 21.6 Å². The molecule has 214 valence electrons. The average molecular weight is 574 g/mol. The highest BCUT2D eigenvalue weighted by Crippen LogP contribution is 2.32. The van der Waals surface area contributed by atoms with Crippen molar-refractivity contribution in [3.63, 3.8) is 0 Å². The zero-order valence-corrected chi connectivity index (χ0v) is 24.1. The molecule has 0 unspecified atom stereocenters. The molecule has 1 heterocycles. The average Bonchev–Trinajstić information content (AvgIpc) is 2.99. The molecular formula is C33H35NO6S. The third kappa shape index (κ3) is 7.41. The summed E-state index contributed by atoms with van der Waals surface area (Å²) in [7, 11) is -3.46. The number of rotatable bonds is 7. The van der Waals surface area contributed by atoms with Gasteiger partial charge in [-0.25, -0.2) is 0 Å². The minimum absolute atomic E-state index is 0.237. The maximum absolute atomic E-state index is 12.2. The van der Waals surface area contributed by atoms with Gasteiger partial charge in [0.1, 0.15) is 22.9 Å². The van der Waals surface area contributed by atoms with Crippen LogP contribution in [-0.2, 0) is 16.7 Å². The number of para-hydroxylation sites is 1. The molecule has 1 N–H and O–H groups in total. The number of quaternary nitrogens is 1. The van der Waals surface area contributed by atoms with E-state index in [-0.39, 0.29) is 16.9 Å². The fraction of sp³-hybridized carbons (Fsp3) is 0.242. The molecular weight excluding hydrogens is 538 g/mol. The number of ketones is 1. The molecule has 1 aliphatic heterocycles. The molecule has 4 aromatic carbocycles. The van der Waals surface area contributed by atoms with Crippen LogP contribution in [-0.4, -0.2) is 39.0 Å². The Bertz CT molecular complexity index is 1560. The number of ether oxygens (including phenoxy) is 1. The Labute approximate surface area is 242 Å². The van der Waals surface area contributed by atoms with Crippen LogP contribution >= 0.6 is 0 Å². The molecule has 0 saturated carbocycles. The van der Waals surface area contributed by atoms with Crippen LogP contribution in [0.15, 0.2) is 102 Å². The normalized spacial score (nSPS) is 14.4. The van der Waals surface area contributed by atoms with Gasteiger partial charge < -0.3 is 9.84 Å². The van der Waals surface area contributed by atoms with Crippen LogP contribution in [0.25, 0.3) is 0 Å². The highest BCUT2D eigenvalue weighted by atomic mass is 32.2. The van der Waals surface area contributed by atoms with Crippen molar-refractivity contribution < 1.29 is 27.6 Å². The molecule has 0 aromatic heterocycles. The van der Waals surface area contributed by atoms with E-state index in [0.717, 1.165) is 30.3 Å². The summed E-state index contributed by atoms with van der Waals surface area (Å²) in [5, 5.41) is 11.9. The van der Waals surface area contributed by atoms with Gasteiger partial charge in [0.2, 0.25) is 0 Å². The van der Waals surface area contributed by atoms with Gasteiger partial charge in [0, 0.05) is 16.7 Å². The van der Waals surface area contributed by atoms with Gasteiger partial charge in [-0.2, -0.15) is 8.42 Å². The third-order valence-electron chi connectivity index (χ3n) is 7.41. The van der Waals surface area contributed by atoms with Gasteiger partial charge in [-0.15, -0.1) is 0 Å². The first kappa shape index (κ1) is 30.0. The van der Waals surface area contributed by atoms with Crippen LogP contribution in [0, 0.1) is 6.92 Å². The predicted octanol–water partition coefficient (Wildman–Crippen LogP) is 5.93. The van der Waals surface area contributed by atoms with E-state index in [1.807, 2.05) is 0 Å². The number of hydrogen-bond acceptors (Lipinski definition) is 5. The van der Waals surface area contributed by atoms with E-state index >= 15 is 0 Å². The summed E-state index contributed by atoms with van der Waals surface area (Å²) in [4.78, 5) is 11.6. The minimum Gasteiger partial charge on any atom is -0.872 e. The number of carbonyl (C=O) groups is 1. The Morgan fingerprint density at radius 3 is 2.02 bits per heavy atom. The summed E-state index contributed by atoms with van der Waals surface area (Å²) in [5.41, 5.74) is 4.17. The molecule has 0 spiro atoms. The second-order valence-electron chi connectivity index (χ2n) is 10.3. The SMILES string of the molecule is COc1cc([O-])c(C(=O)c2ccccc2)cc1S(=O)(=O)O.Cc1ccc(C[N+]2(c3ccccc3)CCCCC2)cc1. The number of piperidine rings is 1. The maximum atomic E-state index is 12.2. The van der Waals surface area contributed by atoms with Crippen molar-refractivity contribution in [3.8, 4) is 11.5 Å². The first-order chi connectivity index (χ1) is 19.6. The van der Waals surface area contributed by atoms with Crippen LogP contribution < -0.4 is 14.3 Å². The minimum atomic E-state index is -4.62. The molecule has 0 atom stereocenters. The molecule has 8 heteroatoms. The fourth-order valence-corrected chi connectivity index (χ4v) is 5.90. The fourth-order valence-electron chi connectivity index (χ4n) is 5.24. The molecule has 4 aromatic rings. The van der Waals surface area contributed by atoms with Crippen molar-refractivity contribution in [1.82, 2.24) is 4.48 Å². The largest absolute Gasteiger partial charge is 0.872 e. The Morgan fingerprint density at radius 1 is 0.878 bits per heavy atom. The van der Waals surface area contributed by atoms with Crippen LogP contribution in [0.3, 0.4) is 0 Å². The van der Waals surface area contributed by atoms with Gasteiger partial charge >= 0.3 is 0 Å². The van der Waals surface area contributed by atoms with Crippen molar-refractivity contribution in [3.05, 3.63) is 119 Å². The predicted molar refractivity (Wildman–Crippen MR) is 159 cm³/mol. The zero-order valence-electron chi connectivity index (χ0n) is 23.3. The number of carbonyl (C=O) groups excluding carboxylic acids is 1. The molecule has 1 aliphatic rings. The smallest absolute Gasteiger partial charge is 0.298 e. The van der Waals surface area contributed by atoms with Gasteiger partial charge in [0.25, 0.3) is 10.1 Å².